The largest absolute Gasteiger partial charge is 0.316 e. The van der Waals surface area contributed by atoms with E-state index < -0.39 is 0 Å². The maximum Gasteiger partial charge on any atom is 0.225 e. The number of benzene rings is 2. The van der Waals surface area contributed by atoms with Crippen molar-refractivity contribution in [2.24, 2.45) is 5.92 Å². The Hall–Kier alpha value is -2.92. The van der Waals surface area contributed by atoms with E-state index in [9.17, 15) is 4.79 Å². The van der Waals surface area contributed by atoms with Crippen LogP contribution in [0.15, 0.2) is 66.7 Å². The summed E-state index contributed by atoms with van der Waals surface area (Å²) in [6, 6.07) is 21.8. The normalized spacial score (nSPS) is 16.4. The number of carbonyl (C=O) groups excluding carboxylic acids is 1. The minimum atomic E-state index is 0.0404. The van der Waals surface area contributed by atoms with Crippen LogP contribution in [0, 0.1) is 5.92 Å². The van der Waals surface area contributed by atoms with Crippen LogP contribution in [0.3, 0.4) is 0 Å². The zero-order valence-corrected chi connectivity index (χ0v) is 15.3. The molecule has 2 N–H and O–H groups in total. The molecule has 138 valence electrons. The van der Waals surface area contributed by atoms with Crippen molar-refractivity contribution in [3.8, 4) is 16.9 Å². The first-order valence-electron chi connectivity index (χ1n) is 9.51. The maximum absolute atomic E-state index is 12.5. The monoisotopic (exact) mass is 360 g/mol. The molecule has 2 heterocycles. The summed E-state index contributed by atoms with van der Waals surface area (Å²) in [5.74, 6) is 1.35. The molecule has 0 aliphatic carbocycles. The summed E-state index contributed by atoms with van der Waals surface area (Å²) < 4.78 is 1.80. The van der Waals surface area contributed by atoms with Gasteiger partial charge >= 0.3 is 0 Å². The molecule has 1 fully saturated rings. The second-order valence-corrected chi connectivity index (χ2v) is 6.97. The Kier molecular flexibility index (Phi) is 5.30. The van der Waals surface area contributed by atoms with Crippen LogP contribution in [0.25, 0.3) is 16.9 Å². The van der Waals surface area contributed by atoms with Crippen LogP contribution >= 0.6 is 0 Å². The number of nitrogens with zero attached hydrogens (tertiary/aromatic N) is 2. The molecule has 2 aromatic carbocycles. The number of carbonyl (C=O) groups is 1. The van der Waals surface area contributed by atoms with E-state index in [1.807, 2.05) is 66.7 Å². The first-order chi connectivity index (χ1) is 13.3. The number of amides is 1. The highest BCUT2D eigenvalue weighted by molar-refractivity contribution is 5.90. The molecule has 0 radical (unpaired) electrons. The van der Waals surface area contributed by atoms with Crippen molar-refractivity contribution in [1.82, 2.24) is 15.1 Å². The Morgan fingerprint density at radius 1 is 1.11 bits per heavy atom. The van der Waals surface area contributed by atoms with Crippen LogP contribution in [0.4, 0.5) is 5.82 Å². The minimum Gasteiger partial charge on any atom is -0.316 e. The van der Waals surface area contributed by atoms with Gasteiger partial charge < -0.3 is 10.6 Å². The summed E-state index contributed by atoms with van der Waals surface area (Å²) in [7, 11) is 0. The number of nitrogens with one attached hydrogen (secondary N) is 2. The SMILES string of the molecule is O=C(CCC1CCNC1)Nc1cc(-c2ccccc2)nn1-c1ccccc1. The van der Waals surface area contributed by atoms with E-state index in [0.29, 0.717) is 18.2 Å². The van der Waals surface area contributed by atoms with Gasteiger partial charge in [0.25, 0.3) is 0 Å². The fourth-order valence-electron chi connectivity index (χ4n) is 3.49. The molecule has 1 saturated heterocycles. The predicted molar refractivity (Wildman–Crippen MR) is 108 cm³/mol. The van der Waals surface area contributed by atoms with E-state index in [1.54, 1.807) is 4.68 Å². The number of aromatic nitrogens is 2. The number of rotatable bonds is 6. The van der Waals surface area contributed by atoms with E-state index in [2.05, 4.69) is 10.6 Å². The second-order valence-electron chi connectivity index (χ2n) is 6.97. The molecule has 27 heavy (non-hydrogen) atoms. The van der Waals surface area contributed by atoms with Gasteiger partial charge in [-0.1, -0.05) is 48.5 Å². The standard InChI is InChI=1S/C22H24N4O/c27-22(12-11-17-13-14-23-16-17)24-21-15-20(18-7-3-1-4-8-18)25-26(21)19-9-5-2-6-10-19/h1-10,15,17,23H,11-14,16H2,(H,24,27). The quantitative estimate of drug-likeness (QED) is 0.702. The molecule has 1 unspecified atom stereocenters. The van der Waals surface area contributed by atoms with Crippen molar-refractivity contribution < 1.29 is 4.79 Å². The van der Waals surface area contributed by atoms with Gasteiger partial charge in [-0.3, -0.25) is 4.79 Å². The Bertz CT molecular complexity index is 883. The summed E-state index contributed by atoms with van der Waals surface area (Å²) in [4.78, 5) is 12.5. The van der Waals surface area contributed by atoms with Gasteiger partial charge in [-0.05, 0) is 44.0 Å². The lowest BCUT2D eigenvalue weighted by Gasteiger charge is -2.10. The summed E-state index contributed by atoms with van der Waals surface area (Å²) in [5.41, 5.74) is 2.80. The molecule has 0 bridgehead atoms. The Balaban J connectivity index is 1.56. The first kappa shape index (κ1) is 17.5. The van der Waals surface area contributed by atoms with Gasteiger partial charge in [0.1, 0.15) is 5.82 Å². The number of hydrogen-bond donors (Lipinski definition) is 2. The zero-order valence-electron chi connectivity index (χ0n) is 15.3. The van der Waals surface area contributed by atoms with E-state index in [0.717, 1.165) is 42.9 Å². The van der Waals surface area contributed by atoms with Gasteiger partial charge in [-0.2, -0.15) is 5.10 Å². The second kappa shape index (κ2) is 8.18. The van der Waals surface area contributed by atoms with Gasteiger partial charge in [0, 0.05) is 18.1 Å². The van der Waals surface area contributed by atoms with Crippen LogP contribution in [-0.4, -0.2) is 28.8 Å². The van der Waals surface area contributed by atoms with Gasteiger partial charge in [0.2, 0.25) is 5.91 Å². The van der Waals surface area contributed by atoms with Crippen LogP contribution in [0.1, 0.15) is 19.3 Å². The van der Waals surface area contributed by atoms with Crippen molar-refractivity contribution in [2.75, 3.05) is 18.4 Å². The molecule has 1 atom stereocenters. The van der Waals surface area contributed by atoms with E-state index in [1.165, 1.54) is 0 Å². The highest BCUT2D eigenvalue weighted by Crippen LogP contribution is 2.25. The third kappa shape index (κ3) is 4.26. The molecule has 0 spiro atoms. The Labute approximate surface area is 159 Å². The average molecular weight is 360 g/mol. The molecule has 3 aromatic rings. The molecule has 5 nitrogen and oxygen atoms in total. The van der Waals surface area contributed by atoms with E-state index >= 15 is 0 Å². The highest BCUT2D eigenvalue weighted by Gasteiger charge is 2.17. The lowest BCUT2D eigenvalue weighted by molar-refractivity contribution is -0.116. The van der Waals surface area contributed by atoms with E-state index in [-0.39, 0.29) is 5.91 Å². The van der Waals surface area contributed by atoms with Crippen molar-refractivity contribution in [3.05, 3.63) is 66.7 Å². The van der Waals surface area contributed by atoms with E-state index in [4.69, 9.17) is 5.10 Å². The molecule has 1 aliphatic rings. The van der Waals surface area contributed by atoms with Gasteiger partial charge in [0.05, 0.1) is 11.4 Å². The predicted octanol–water partition coefficient (Wildman–Crippen LogP) is 3.87. The number of para-hydroxylation sites is 1. The Morgan fingerprint density at radius 2 is 1.85 bits per heavy atom. The summed E-state index contributed by atoms with van der Waals surface area (Å²) in [5, 5.41) is 11.1. The van der Waals surface area contributed by atoms with Gasteiger partial charge in [-0.15, -0.1) is 0 Å². The highest BCUT2D eigenvalue weighted by atomic mass is 16.1. The van der Waals surface area contributed by atoms with Crippen molar-refractivity contribution in [2.45, 2.75) is 19.3 Å². The number of anilines is 1. The third-order valence-electron chi connectivity index (χ3n) is 4.99. The molecule has 1 aromatic heterocycles. The average Bonchev–Trinajstić information content (AvgIpc) is 3.38. The zero-order chi connectivity index (χ0) is 18.5. The summed E-state index contributed by atoms with van der Waals surface area (Å²) in [6.07, 6.45) is 2.62. The van der Waals surface area contributed by atoms with Gasteiger partial charge in [0.15, 0.2) is 0 Å². The van der Waals surface area contributed by atoms with Crippen molar-refractivity contribution in [3.63, 3.8) is 0 Å². The van der Waals surface area contributed by atoms with Crippen LogP contribution in [0.2, 0.25) is 0 Å². The van der Waals surface area contributed by atoms with Crippen molar-refractivity contribution >= 4 is 11.7 Å². The molecular formula is C22H24N4O. The van der Waals surface area contributed by atoms with Crippen LogP contribution in [0.5, 0.6) is 0 Å². The fourth-order valence-corrected chi connectivity index (χ4v) is 3.49. The van der Waals surface area contributed by atoms with Crippen molar-refractivity contribution in [1.29, 1.82) is 0 Å². The smallest absolute Gasteiger partial charge is 0.225 e. The lowest BCUT2D eigenvalue weighted by Crippen LogP contribution is -2.17. The molecule has 1 aliphatic heterocycles. The lowest BCUT2D eigenvalue weighted by atomic mass is 10.0. The molecular weight excluding hydrogens is 336 g/mol. The number of hydrogen-bond acceptors (Lipinski definition) is 3. The fraction of sp³-hybridized carbons (Fsp3) is 0.273. The topological polar surface area (TPSA) is 59.0 Å². The molecule has 1 amide bonds. The Morgan fingerprint density at radius 3 is 2.56 bits per heavy atom. The molecule has 0 saturated carbocycles. The minimum absolute atomic E-state index is 0.0404. The first-order valence-corrected chi connectivity index (χ1v) is 9.51. The summed E-state index contributed by atoms with van der Waals surface area (Å²) >= 11 is 0. The van der Waals surface area contributed by atoms with Crippen LogP contribution in [-0.2, 0) is 4.79 Å². The van der Waals surface area contributed by atoms with Gasteiger partial charge in [-0.25, -0.2) is 4.68 Å². The summed E-state index contributed by atoms with van der Waals surface area (Å²) in [6.45, 7) is 2.08. The molecule has 4 rings (SSSR count). The third-order valence-corrected chi connectivity index (χ3v) is 4.99. The van der Waals surface area contributed by atoms with Crippen LogP contribution < -0.4 is 10.6 Å². The maximum atomic E-state index is 12.5. The molecule has 5 heteroatoms.